The van der Waals surface area contributed by atoms with Gasteiger partial charge in [-0.1, -0.05) is 0 Å². The number of pyridine rings is 1. The van der Waals surface area contributed by atoms with Crippen molar-refractivity contribution in [3.8, 4) is 0 Å². The molecule has 0 aromatic carbocycles. The molecule has 0 atom stereocenters. The lowest BCUT2D eigenvalue weighted by molar-refractivity contribution is 0.0941. The van der Waals surface area contributed by atoms with E-state index in [1.165, 1.54) is 12.3 Å². The van der Waals surface area contributed by atoms with Crippen molar-refractivity contribution < 1.29 is 4.79 Å². The summed E-state index contributed by atoms with van der Waals surface area (Å²) < 4.78 is 0. The molecule has 6 nitrogen and oxygen atoms in total. The molecule has 2 N–H and O–H groups in total. The molecule has 0 bridgehead atoms. The van der Waals surface area contributed by atoms with E-state index in [9.17, 15) is 9.59 Å². The molecule has 1 aliphatic rings. The number of H-pyrrole nitrogens is 1. The van der Waals surface area contributed by atoms with Crippen LogP contribution in [0.15, 0.2) is 23.1 Å². The molecular formula is C13H20N4O2. The zero-order chi connectivity index (χ0) is 13.7. The van der Waals surface area contributed by atoms with E-state index in [1.54, 1.807) is 6.07 Å². The second-order valence-corrected chi connectivity index (χ2v) is 4.84. The van der Waals surface area contributed by atoms with E-state index >= 15 is 0 Å². The number of hydrogen-bond donors (Lipinski definition) is 2. The number of aromatic nitrogens is 1. The SMILES string of the molecule is CN1CCN(CCNC(=O)c2cc[nH]c(=O)c2)CC1. The fraction of sp³-hybridized carbons (Fsp3) is 0.538. The summed E-state index contributed by atoms with van der Waals surface area (Å²) in [5, 5.41) is 2.84. The standard InChI is InChI=1S/C13H20N4O2/c1-16-6-8-17(9-7-16)5-4-15-13(19)11-2-3-14-12(18)10-11/h2-3,10H,4-9H2,1H3,(H,14,18)(H,15,19). The maximum atomic E-state index is 11.8. The van der Waals surface area contributed by atoms with Gasteiger partial charge in [0.25, 0.3) is 5.91 Å². The monoisotopic (exact) mass is 264 g/mol. The van der Waals surface area contributed by atoms with Crippen LogP contribution in [0, 0.1) is 0 Å². The molecule has 0 aliphatic carbocycles. The van der Waals surface area contributed by atoms with Gasteiger partial charge in [0.05, 0.1) is 0 Å². The molecule has 19 heavy (non-hydrogen) atoms. The summed E-state index contributed by atoms with van der Waals surface area (Å²) in [7, 11) is 2.12. The topological polar surface area (TPSA) is 68.4 Å². The Bertz CT molecular complexity index is 478. The van der Waals surface area contributed by atoms with Crippen molar-refractivity contribution >= 4 is 5.91 Å². The molecule has 0 spiro atoms. The van der Waals surface area contributed by atoms with Gasteiger partial charge in [0, 0.05) is 57.1 Å². The highest BCUT2D eigenvalue weighted by Gasteiger charge is 2.13. The Kier molecular flexibility index (Phi) is 4.70. The molecule has 0 radical (unpaired) electrons. The minimum atomic E-state index is -0.258. The minimum absolute atomic E-state index is 0.194. The van der Waals surface area contributed by atoms with Gasteiger partial charge in [0.1, 0.15) is 0 Å². The normalized spacial score (nSPS) is 17.3. The lowest BCUT2D eigenvalue weighted by Crippen LogP contribution is -2.46. The van der Waals surface area contributed by atoms with E-state index < -0.39 is 0 Å². The Labute approximate surface area is 112 Å². The number of aromatic amines is 1. The van der Waals surface area contributed by atoms with Gasteiger partial charge in [-0.05, 0) is 13.1 Å². The molecule has 1 aromatic rings. The quantitative estimate of drug-likeness (QED) is 0.758. The number of hydrogen-bond acceptors (Lipinski definition) is 4. The van der Waals surface area contributed by atoms with E-state index in [2.05, 4.69) is 27.1 Å². The first kappa shape index (κ1) is 13.8. The van der Waals surface area contributed by atoms with Crippen LogP contribution >= 0.6 is 0 Å². The van der Waals surface area contributed by atoms with Crippen LogP contribution in [-0.4, -0.2) is 67.0 Å². The van der Waals surface area contributed by atoms with Crippen molar-refractivity contribution in [2.24, 2.45) is 0 Å². The first-order chi connectivity index (χ1) is 9.15. The van der Waals surface area contributed by atoms with Crippen molar-refractivity contribution in [3.05, 3.63) is 34.2 Å². The van der Waals surface area contributed by atoms with Gasteiger partial charge < -0.3 is 15.2 Å². The van der Waals surface area contributed by atoms with Crippen LogP contribution in [0.1, 0.15) is 10.4 Å². The van der Waals surface area contributed by atoms with Crippen LogP contribution in [0.2, 0.25) is 0 Å². The lowest BCUT2D eigenvalue weighted by atomic mass is 10.2. The van der Waals surface area contributed by atoms with E-state index in [1.807, 2.05) is 0 Å². The minimum Gasteiger partial charge on any atom is -0.351 e. The van der Waals surface area contributed by atoms with Crippen LogP contribution in [0.5, 0.6) is 0 Å². The summed E-state index contributed by atoms with van der Waals surface area (Å²) >= 11 is 0. The van der Waals surface area contributed by atoms with E-state index in [0.29, 0.717) is 12.1 Å². The van der Waals surface area contributed by atoms with E-state index in [0.717, 1.165) is 32.7 Å². The zero-order valence-electron chi connectivity index (χ0n) is 11.2. The number of piperazine rings is 1. The number of carbonyl (C=O) groups is 1. The molecule has 0 unspecified atom stereocenters. The third kappa shape index (κ3) is 4.18. The number of likely N-dealkylation sites (N-methyl/N-ethyl adjacent to an activating group) is 1. The van der Waals surface area contributed by atoms with Gasteiger partial charge in [0.15, 0.2) is 0 Å². The highest BCUT2D eigenvalue weighted by atomic mass is 16.2. The van der Waals surface area contributed by atoms with Crippen LogP contribution in [0.4, 0.5) is 0 Å². The molecule has 1 saturated heterocycles. The number of amides is 1. The van der Waals surface area contributed by atoms with Crippen LogP contribution in [0.3, 0.4) is 0 Å². The van der Waals surface area contributed by atoms with Gasteiger partial charge in [-0.3, -0.25) is 14.5 Å². The Balaban J connectivity index is 1.74. The fourth-order valence-corrected chi connectivity index (χ4v) is 2.09. The molecular weight excluding hydrogens is 244 g/mol. The first-order valence-corrected chi connectivity index (χ1v) is 6.53. The Morgan fingerprint density at radius 2 is 2.11 bits per heavy atom. The third-order valence-electron chi connectivity index (χ3n) is 3.35. The molecule has 2 heterocycles. The van der Waals surface area contributed by atoms with Crippen molar-refractivity contribution in [2.45, 2.75) is 0 Å². The molecule has 1 aromatic heterocycles. The second-order valence-electron chi connectivity index (χ2n) is 4.84. The molecule has 0 saturated carbocycles. The number of nitrogens with one attached hydrogen (secondary N) is 2. The van der Waals surface area contributed by atoms with Crippen molar-refractivity contribution in [2.75, 3.05) is 46.3 Å². The molecule has 1 fully saturated rings. The van der Waals surface area contributed by atoms with Crippen LogP contribution in [0.25, 0.3) is 0 Å². The van der Waals surface area contributed by atoms with Gasteiger partial charge in [-0.25, -0.2) is 0 Å². The maximum Gasteiger partial charge on any atom is 0.251 e. The molecule has 6 heteroatoms. The van der Waals surface area contributed by atoms with Crippen molar-refractivity contribution in [1.82, 2.24) is 20.1 Å². The molecule has 104 valence electrons. The Morgan fingerprint density at radius 1 is 1.37 bits per heavy atom. The molecule has 2 rings (SSSR count). The Hall–Kier alpha value is -1.66. The second kappa shape index (κ2) is 6.49. The summed E-state index contributed by atoms with van der Waals surface area (Å²) in [6, 6.07) is 2.91. The average molecular weight is 264 g/mol. The maximum absolute atomic E-state index is 11.8. The highest BCUT2D eigenvalue weighted by molar-refractivity contribution is 5.93. The number of carbonyl (C=O) groups excluding carboxylic acids is 1. The summed E-state index contributed by atoms with van der Waals surface area (Å²) in [6.45, 7) is 5.68. The van der Waals surface area contributed by atoms with Crippen LogP contribution in [-0.2, 0) is 0 Å². The molecule has 1 amide bonds. The van der Waals surface area contributed by atoms with Gasteiger partial charge >= 0.3 is 0 Å². The number of nitrogens with zero attached hydrogens (tertiary/aromatic N) is 2. The first-order valence-electron chi connectivity index (χ1n) is 6.53. The van der Waals surface area contributed by atoms with Crippen LogP contribution < -0.4 is 10.9 Å². The summed E-state index contributed by atoms with van der Waals surface area (Å²) in [5.74, 6) is -0.194. The smallest absolute Gasteiger partial charge is 0.251 e. The van der Waals surface area contributed by atoms with E-state index in [4.69, 9.17) is 0 Å². The average Bonchev–Trinajstić information content (AvgIpc) is 2.41. The van der Waals surface area contributed by atoms with Crippen molar-refractivity contribution in [1.29, 1.82) is 0 Å². The van der Waals surface area contributed by atoms with Gasteiger partial charge in [-0.15, -0.1) is 0 Å². The molecule has 1 aliphatic heterocycles. The fourth-order valence-electron chi connectivity index (χ4n) is 2.09. The summed E-state index contributed by atoms with van der Waals surface area (Å²) in [4.78, 5) is 30.0. The summed E-state index contributed by atoms with van der Waals surface area (Å²) in [5.41, 5.74) is 0.147. The Morgan fingerprint density at radius 3 is 2.79 bits per heavy atom. The highest BCUT2D eigenvalue weighted by Crippen LogP contribution is 1.98. The predicted molar refractivity (Wildman–Crippen MR) is 73.3 cm³/mol. The predicted octanol–water partition coefficient (Wildman–Crippen LogP) is -0.648. The van der Waals surface area contributed by atoms with Gasteiger partial charge in [0.2, 0.25) is 5.56 Å². The third-order valence-corrected chi connectivity index (χ3v) is 3.35. The lowest BCUT2D eigenvalue weighted by Gasteiger charge is -2.32. The van der Waals surface area contributed by atoms with Gasteiger partial charge in [-0.2, -0.15) is 0 Å². The largest absolute Gasteiger partial charge is 0.351 e. The van der Waals surface area contributed by atoms with E-state index in [-0.39, 0.29) is 11.5 Å². The number of rotatable bonds is 4. The van der Waals surface area contributed by atoms with Crippen molar-refractivity contribution in [3.63, 3.8) is 0 Å². The zero-order valence-corrected chi connectivity index (χ0v) is 11.2. The summed E-state index contributed by atoms with van der Waals surface area (Å²) in [6.07, 6.45) is 1.48.